The van der Waals surface area contributed by atoms with Crippen molar-refractivity contribution in [2.45, 2.75) is 0 Å². The monoisotopic (exact) mass is 276 g/mol. The van der Waals surface area contributed by atoms with E-state index in [1.165, 1.54) is 0 Å². The highest BCUT2D eigenvalue weighted by Gasteiger charge is 1.99. The van der Waals surface area contributed by atoms with E-state index in [-0.39, 0.29) is 5.75 Å². The lowest BCUT2D eigenvalue weighted by atomic mass is 10.1. The van der Waals surface area contributed by atoms with Gasteiger partial charge >= 0.3 is 0 Å². The van der Waals surface area contributed by atoms with Crippen LogP contribution in [0.1, 0.15) is 11.3 Å². The number of pyridine rings is 1. The number of benzene rings is 2. The van der Waals surface area contributed by atoms with Crippen LogP contribution in [0.25, 0.3) is 23.1 Å². The molecule has 0 saturated carbocycles. The lowest BCUT2D eigenvalue weighted by molar-refractivity contribution is 0.474. The fraction of sp³-hybridized carbons (Fsp3) is 0.0556. The molecule has 0 aliphatic rings. The average molecular weight is 276 g/mol. The third-order valence-electron chi connectivity index (χ3n) is 3.37. The van der Waals surface area contributed by atoms with Crippen molar-refractivity contribution < 1.29 is 5.11 Å². The SMILES string of the molecule is CNc1ccc(/C=C/c2ccc3ccccc3n2)c(O)c1. The lowest BCUT2D eigenvalue weighted by Crippen LogP contribution is -1.87. The molecule has 2 N–H and O–H groups in total. The first-order valence-electron chi connectivity index (χ1n) is 6.81. The second-order valence-electron chi connectivity index (χ2n) is 4.79. The average Bonchev–Trinajstić information content (AvgIpc) is 2.53. The Morgan fingerprint density at radius 2 is 1.86 bits per heavy atom. The number of hydrogen-bond donors (Lipinski definition) is 2. The smallest absolute Gasteiger partial charge is 0.124 e. The number of aromatic nitrogens is 1. The van der Waals surface area contributed by atoms with Crippen LogP contribution < -0.4 is 5.32 Å². The molecule has 0 saturated heterocycles. The summed E-state index contributed by atoms with van der Waals surface area (Å²) in [6.45, 7) is 0. The van der Waals surface area contributed by atoms with E-state index in [0.717, 1.165) is 27.8 Å². The van der Waals surface area contributed by atoms with Crippen molar-refractivity contribution in [3.05, 3.63) is 65.9 Å². The number of fused-ring (bicyclic) bond motifs is 1. The maximum Gasteiger partial charge on any atom is 0.124 e. The molecule has 0 spiro atoms. The van der Waals surface area contributed by atoms with Gasteiger partial charge in [-0.15, -0.1) is 0 Å². The van der Waals surface area contributed by atoms with Gasteiger partial charge in [0.15, 0.2) is 0 Å². The molecule has 0 unspecified atom stereocenters. The predicted molar refractivity (Wildman–Crippen MR) is 88.3 cm³/mol. The predicted octanol–water partition coefficient (Wildman–Crippen LogP) is 4.15. The molecular formula is C18H16N2O. The molecule has 3 nitrogen and oxygen atoms in total. The number of aromatic hydroxyl groups is 1. The van der Waals surface area contributed by atoms with E-state index in [1.54, 1.807) is 6.07 Å². The van der Waals surface area contributed by atoms with Gasteiger partial charge < -0.3 is 10.4 Å². The molecular weight excluding hydrogens is 260 g/mol. The number of nitrogens with one attached hydrogen (secondary N) is 1. The van der Waals surface area contributed by atoms with Crippen molar-refractivity contribution in [3.8, 4) is 5.75 Å². The van der Waals surface area contributed by atoms with Crippen molar-refractivity contribution in [1.29, 1.82) is 0 Å². The Labute approximate surface area is 123 Å². The number of phenols is 1. The molecule has 0 aliphatic heterocycles. The second-order valence-corrected chi connectivity index (χ2v) is 4.79. The Kier molecular flexibility index (Phi) is 3.56. The van der Waals surface area contributed by atoms with Crippen LogP contribution in [-0.2, 0) is 0 Å². The Morgan fingerprint density at radius 3 is 2.67 bits per heavy atom. The number of anilines is 1. The van der Waals surface area contributed by atoms with Crippen LogP contribution in [0.3, 0.4) is 0 Å². The maximum atomic E-state index is 9.96. The largest absolute Gasteiger partial charge is 0.507 e. The zero-order valence-electron chi connectivity index (χ0n) is 11.7. The van der Waals surface area contributed by atoms with Gasteiger partial charge in [0.2, 0.25) is 0 Å². The number of rotatable bonds is 3. The summed E-state index contributed by atoms with van der Waals surface area (Å²) in [5, 5.41) is 14.1. The molecule has 0 bridgehead atoms. The molecule has 3 heteroatoms. The van der Waals surface area contributed by atoms with E-state index in [9.17, 15) is 5.11 Å². The van der Waals surface area contributed by atoms with E-state index in [4.69, 9.17) is 0 Å². The minimum atomic E-state index is 0.249. The molecule has 0 radical (unpaired) electrons. The Bertz CT molecular complexity index is 809. The molecule has 1 aromatic heterocycles. The summed E-state index contributed by atoms with van der Waals surface area (Å²) >= 11 is 0. The number of hydrogen-bond acceptors (Lipinski definition) is 3. The van der Waals surface area contributed by atoms with Gasteiger partial charge in [-0.2, -0.15) is 0 Å². The normalized spacial score (nSPS) is 11.1. The molecule has 0 atom stereocenters. The number of para-hydroxylation sites is 1. The third-order valence-corrected chi connectivity index (χ3v) is 3.37. The molecule has 0 aliphatic carbocycles. The summed E-state index contributed by atoms with van der Waals surface area (Å²) in [5.41, 5.74) is 3.48. The highest BCUT2D eigenvalue weighted by atomic mass is 16.3. The zero-order valence-corrected chi connectivity index (χ0v) is 11.7. The van der Waals surface area contributed by atoms with Crippen LogP contribution in [0.5, 0.6) is 5.75 Å². The van der Waals surface area contributed by atoms with Gasteiger partial charge in [0.1, 0.15) is 5.75 Å². The molecule has 104 valence electrons. The minimum Gasteiger partial charge on any atom is -0.507 e. The number of phenolic OH excluding ortho intramolecular Hbond substituents is 1. The van der Waals surface area contributed by atoms with Gasteiger partial charge in [-0.3, -0.25) is 0 Å². The zero-order chi connectivity index (χ0) is 14.7. The molecule has 3 aromatic rings. The molecule has 1 heterocycles. The van der Waals surface area contributed by atoms with E-state index >= 15 is 0 Å². The van der Waals surface area contributed by atoms with Crippen molar-refractivity contribution in [2.75, 3.05) is 12.4 Å². The van der Waals surface area contributed by atoms with Gasteiger partial charge in [-0.1, -0.05) is 24.3 Å². The first kappa shape index (κ1) is 13.2. The van der Waals surface area contributed by atoms with Crippen molar-refractivity contribution in [3.63, 3.8) is 0 Å². The van der Waals surface area contributed by atoms with Gasteiger partial charge in [-0.05, 0) is 36.4 Å². The van der Waals surface area contributed by atoms with Crippen LogP contribution in [0, 0.1) is 0 Å². The maximum absolute atomic E-state index is 9.96. The van der Waals surface area contributed by atoms with E-state index in [0.29, 0.717) is 0 Å². The standard InChI is InChI=1S/C18H16N2O/c1-19-16-11-8-14(18(21)12-16)7-10-15-9-6-13-4-2-3-5-17(13)20-15/h2-12,19,21H,1H3/b10-7+. The van der Waals surface area contributed by atoms with Crippen LogP contribution in [0.2, 0.25) is 0 Å². The fourth-order valence-electron chi connectivity index (χ4n) is 2.19. The van der Waals surface area contributed by atoms with E-state index in [2.05, 4.69) is 10.3 Å². The summed E-state index contributed by atoms with van der Waals surface area (Å²) < 4.78 is 0. The van der Waals surface area contributed by atoms with Gasteiger partial charge in [-0.25, -0.2) is 4.98 Å². The molecule has 3 rings (SSSR count). The fourth-order valence-corrected chi connectivity index (χ4v) is 2.19. The molecule has 2 aromatic carbocycles. The summed E-state index contributed by atoms with van der Waals surface area (Å²) in [7, 11) is 1.82. The summed E-state index contributed by atoms with van der Waals surface area (Å²) in [6, 6.07) is 17.5. The van der Waals surface area contributed by atoms with E-state index < -0.39 is 0 Å². The van der Waals surface area contributed by atoms with Gasteiger partial charge in [0.05, 0.1) is 11.2 Å². The van der Waals surface area contributed by atoms with Crippen LogP contribution in [0.15, 0.2) is 54.6 Å². The first-order chi connectivity index (χ1) is 10.3. The second kappa shape index (κ2) is 5.67. The van der Waals surface area contributed by atoms with Crippen LogP contribution in [-0.4, -0.2) is 17.1 Å². The topological polar surface area (TPSA) is 45.2 Å². The van der Waals surface area contributed by atoms with Crippen molar-refractivity contribution in [1.82, 2.24) is 4.98 Å². The van der Waals surface area contributed by atoms with Crippen LogP contribution >= 0.6 is 0 Å². The van der Waals surface area contributed by atoms with Crippen molar-refractivity contribution >= 4 is 28.7 Å². The highest BCUT2D eigenvalue weighted by molar-refractivity contribution is 5.81. The molecule has 21 heavy (non-hydrogen) atoms. The Morgan fingerprint density at radius 1 is 1.00 bits per heavy atom. The highest BCUT2D eigenvalue weighted by Crippen LogP contribution is 2.23. The van der Waals surface area contributed by atoms with Crippen molar-refractivity contribution in [2.24, 2.45) is 0 Å². The summed E-state index contributed by atoms with van der Waals surface area (Å²) in [6.07, 6.45) is 3.77. The van der Waals surface area contributed by atoms with Gasteiger partial charge in [0.25, 0.3) is 0 Å². The lowest BCUT2D eigenvalue weighted by Gasteiger charge is -2.03. The quantitative estimate of drug-likeness (QED) is 0.755. The van der Waals surface area contributed by atoms with Gasteiger partial charge in [0, 0.05) is 29.8 Å². The summed E-state index contributed by atoms with van der Waals surface area (Å²) in [5.74, 6) is 0.249. The van der Waals surface area contributed by atoms with E-state index in [1.807, 2.05) is 67.7 Å². The van der Waals surface area contributed by atoms with Crippen LogP contribution in [0.4, 0.5) is 5.69 Å². The number of nitrogens with zero attached hydrogens (tertiary/aromatic N) is 1. The Hall–Kier alpha value is -2.81. The first-order valence-corrected chi connectivity index (χ1v) is 6.81. The Balaban J connectivity index is 1.90. The third kappa shape index (κ3) is 2.87. The minimum absolute atomic E-state index is 0.249. The summed E-state index contributed by atoms with van der Waals surface area (Å²) in [4.78, 5) is 4.57. The molecule has 0 amide bonds. The molecule has 0 fully saturated rings.